The number of unbranched alkanes of at least 4 members (excludes halogenated alkanes) is 20. The van der Waals surface area contributed by atoms with Crippen LogP contribution in [0, 0.1) is 0 Å². The van der Waals surface area contributed by atoms with Crippen molar-refractivity contribution in [3.63, 3.8) is 0 Å². The predicted molar refractivity (Wildman–Crippen MR) is 247 cm³/mol. The Hall–Kier alpha value is -3.41. The van der Waals surface area contributed by atoms with Gasteiger partial charge in [-0.15, -0.1) is 0 Å². The molecule has 0 heterocycles. The lowest BCUT2D eigenvalue weighted by Gasteiger charge is -2.18. The van der Waals surface area contributed by atoms with Crippen LogP contribution in [0.1, 0.15) is 207 Å². The Morgan fingerprint density at radius 3 is 1.14 bits per heavy atom. The molecule has 6 nitrogen and oxygen atoms in total. The van der Waals surface area contributed by atoms with Gasteiger partial charge in [-0.25, -0.2) is 0 Å². The second kappa shape index (κ2) is 46.3. The minimum Gasteiger partial charge on any atom is -0.462 e. The van der Waals surface area contributed by atoms with E-state index in [9.17, 15) is 14.4 Å². The van der Waals surface area contributed by atoms with E-state index in [-0.39, 0.29) is 37.5 Å². The Kier molecular flexibility index (Phi) is 43.6. The maximum Gasteiger partial charge on any atom is 0.306 e. The zero-order chi connectivity index (χ0) is 42.3. The SMILES string of the molecule is CC\C=C/C=C\C=C/C=C\CCCCCC(=O)OC(COC(=O)CCCCCCC/C=C\CCCCC)COC(=O)CCCCCCCC/C=C\C=C/CCCCC. The highest BCUT2D eigenvalue weighted by atomic mass is 16.6. The molecule has 0 radical (unpaired) electrons. The molecule has 0 amide bonds. The maximum absolute atomic E-state index is 12.7. The van der Waals surface area contributed by atoms with Crippen molar-refractivity contribution in [1.29, 1.82) is 0 Å². The highest BCUT2D eigenvalue weighted by Gasteiger charge is 2.19. The Morgan fingerprint density at radius 1 is 0.362 bits per heavy atom. The molecule has 0 spiro atoms. The zero-order valence-corrected chi connectivity index (χ0v) is 37.5. The summed E-state index contributed by atoms with van der Waals surface area (Å²) in [4.78, 5) is 37.8. The normalized spacial score (nSPS) is 12.8. The Balaban J connectivity index is 4.49. The van der Waals surface area contributed by atoms with Gasteiger partial charge in [0.25, 0.3) is 0 Å². The third-order valence-corrected chi connectivity index (χ3v) is 9.73. The van der Waals surface area contributed by atoms with Crippen molar-refractivity contribution in [2.45, 2.75) is 213 Å². The van der Waals surface area contributed by atoms with E-state index < -0.39 is 6.10 Å². The van der Waals surface area contributed by atoms with Crippen molar-refractivity contribution in [2.75, 3.05) is 13.2 Å². The number of hydrogen-bond acceptors (Lipinski definition) is 6. The summed E-state index contributed by atoms with van der Waals surface area (Å²) in [6, 6.07) is 0. The van der Waals surface area contributed by atoms with Crippen LogP contribution in [0.25, 0.3) is 0 Å². The molecule has 0 aliphatic rings. The fourth-order valence-corrected chi connectivity index (χ4v) is 6.14. The Labute approximate surface area is 356 Å². The molecule has 0 aromatic carbocycles. The molecule has 0 rings (SSSR count). The quantitative estimate of drug-likeness (QED) is 0.0201. The number of hydrogen-bond donors (Lipinski definition) is 0. The summed E-state index contributed by atoms with van der Waals surface area (Å²) in [6.07, 6.45) is 58.4. The van der Waals surface area contributed by atoms with Gasteiger partial charge in [0.05, 0.1) is 0 Å². The Morgan fingerprint density at radius 2 is 0.690 bits per heavy atom. The van der Waals surface area contributed by atoms with Crippen LogP contribution in [0.5, 0.6) is 0 Å². The van der Waals surface area contributed by atoms with E-state index in [1.165, 1.54) is 77.0 Å². The van der Waals surface area contributed by atoms with Gasteiger partial charge in [0.2, 0.25) is 0 Å². The molecule has 0 aliphatic heterocycles. The van der Waals surface area contributed by atoms with Crippen LogP contribution in [0.4, 0.5) is 0 Å². The monoisotopic (exact) mass is 807 g/mol. The van der Waals surface area contributed by atoms with Gasteiger partial charge in [0.1, 0.15) is 13.2 Å². The second-order valence-corrected chi connectivity index (χ2v) is 15.4. The van der Waals surface area contributed by atoms with Crippen LogP contribution >= 0.6 is 0 Å². The molecule has 0 aromatic rings. The highest BCUT2D eigenvalue weighted by molar-refractivity contribution is 5.71. The topological polar surface area (TPSA) is 78.9 Å². The first-order valence-electron chi connectivity index (χ1n) is 23.7. The lowest BCUT2D eigenvalue weighted by molar-refractivity contribution is -0.167. The number of ether oxygens (including phenoxy) is 3. The van der Waals surface area contributed by atoms with Crippen LogP contribution in [0.3, 0.4) is 0 Å². The molecule has 1 atom stereocenters. The molecule has 0 saturated carbocycles. The molecule has 330 valence electrons. The summed E-state index contributed by atoms with van der Waals surface area (Å²) in [6.45, 7) is 6.37. The van der Waals surface area contributed by atoms with Gasteiger partial charge in [-0.1, -0.05) is 183 Å². The molecule has 58 heavy (non-hydrogen) atoms. The van der Waals surface area contributed by atoms with Gasteiger partial charge >= 0.3 is 17.9 Å². The van der Waals surface area contributed by atoms with Crippen LogP contribution < -0.4 is 0 Å². The summed E-state index contributed by atoms with van der Waals surface area (Å²) >= 11 is 0. The van der Waals surface area contributed by atoms with Crippen LogP contribution in [0.15, 0.2) is 85.1 Å². The van der Waals surface area contributed by atoms with Gasteiger partial charge in [-0.3, -0.25) is 14.4 Å². The fraction of sp³-hybridized carbons (Fsp3) is 0.673. The van der Waals surface area contributed by atoms with E-state index in [2.05, 4.69) is 69.4 Å². The van der Waals surface area contributed by atoms with Crippen molar-refractivity contribution in [3.8, 4) is 0 Å². The smallest absolute Gasteiger partial charge is 0.306 e. The molecule has 0 bridgehead atoms. The minimum atomic E-state index is -0.803. The summed E-state index contributed by atoms with van der Waals surface area (Å²) in [5.74, 6) is -0.968. The van der Waals surface area contributed by atoms with Crippen LogP contribution in [0.2, 0.25) is 0 Å². The molecular formula is C52H86O6. The molecule has 0 aliphatic carbocycles. The third kappa shape index (κ3) is 43.7. The van der Waals surface area contributed by atoms with Gasteiger partial charge in [-0.2, -0.15) is 0 Å². The Bertz CT molecular complexity index is 1160. The largest absolute Gasteiger partial charge is 0.462 e. The lowest BCUT2D eigenvalue weighted by atomic mass is 10.1. The lowest BCUT2D eigenvalue weighted by Crippen LogP contribution is -2.30. The molecule has 1 unspecified atom stereocenters. The van der Waals surface area contributed by atoms with E-state index in [1.54, 1.807) is 0 Å². The standard InChI is InChI=1S/C52H86O6/c1-4-7-10-13-16-19-22-25-26-28-30-33-36-39-42-45-51(54)57-48-49(47-56-50(53)44-41-38-35-32-29-24-21-18-15-12-9-6-3)58-52(55)46-43-40-37-34-31-27-23-20-17-14-11-8-5-2/h8,11,14,16-23,25,27,31,49H,4-7,9-10,12-13,15,24,26,28-30,32-48H2,1-3H3/b11-8-,17-14-,19-16-,21-18-,23-20-,25-22-,31-27-. The maximum atomic E-state index is 12.7. The van der Waals surface area contributed by atoms with Crippen LogP contribution in [-0.2, 0) is 28.6 Å². The van der Waals surface area contributed by atoms with E-state index in [0.717, 1.165) is 83.5 Å². The van der Waals surface area contributed by atoms with E-state index in [1.807, 2.05) is 36.5 Å². The second-order valence-electron chi connectivity index (χ2n) is 15.4. The first kappa shape index (κ1) is 54.6. The molecule has 0 aromatic heterocycles. The molecular weight excluding hydrogens is 721 g/mol. The molecule has 0 saturated heterocycles. The van der Waals surface area contributed by atoms with E-state index >= 15 is 0 Å². The summed E-state index contributed by atoms with van der Waals surface area (Å²) < 4.78 is 16.7. The zero-order valence-electron chi connectivity index (χ0n) is 37.5. The van der Waals surface area contributed by atoms with Crippen molar-refractivity contribution >= 4 is 17.9 Å². The third-order valence-electron chi connectivity index (χ3n) is 9.73. The number of allylic oxidation sites excluding steroid dienone is 14. The molecule has 0 N–H and O–H groups in total. The van der Waals surface area contributed by atoms with Gasteiger partial charge in [-0.05, 0) is 89.9 Å². The number of esters is 3. The van der Waals surface area contributed by atoms with E-state index in [4.69, 9.17) is 14.2 Å². The highest BCUT2D eigenvalue weighted by Crippen LogP contribution is 2.13. The summed E-state index contributed by atoms with van der Waals surface area (Å²) in [7, 11) is 0. The first-order valence-corrected chi connectivity index (χ1v) is 23.7. The average Bonchev–Trinajstić information content (AvgIpc) is 3.22. The van der Waals surface area contributed by atoms with Crippen molar-refractivity contribution in [1.82, 2.24) is 0 Å². The van der Waals surface area contributed by atoms with E-state index in [0.29, 0.717) is 19.3 Å². The van der Waals surface area contributed by atoms with Gasteiger partial charge in [0.15, 0.2) is 6.10 Å². The number of carbonyl (C=O) groups is 3. The van der Waals surface area contributed by atoms with Gasteiger partial charge in [0, 0.05) is 19.3 Å². The van der Waals surface area contributed by atoms with Crippen LogP contribution in [-0.4, -0.2) is 37.2 Å². The van der Waals surface area contributed by atoms with Crippen molar-refractivity contribution in [2.24, 2.45) is 0 Å². The van der Waals surface area contributed by atoms with Gasteiger partial charge < -0.3 is 14.2 Å². The number of carbonyl (C=O) groups excluding carboxylic acids is 3. The number of rotatable bonds is 41. The fourth-order valence-electron chi connectivity index (χ4n) is 6.14. The predicted octanol–water partition coefficient (Wildman–Crippen LogP) is 15.3. The first-order chi connectivity index (χ1) is 28.5. The molecule has 6 heteroatoms. The van der Waals surface area contributed by atoms with Crippen molar-refractivity contribution in [3.05, 3.63) is 85.1 Å². The minimum absolute atomic E-state index is 0.102. The summed E-state index contributed by atoms with van der Waals surface area (Å²) in [5.41, 5.74) is 0. The van der Waals surface area contributed by atoms with Crippen molar-refractivity contribution < 1.29 is 28.6 Å². The summed E-state index contributed by atoms with van der Waals surface area (Å²) in [5, 5.41) is 0. The molecule has 0 fully saturated rings. The average molecular weight is 807 g/mol.